The van der Waals surface area contributed by atoms with E-state index in [1.807, 2.05) is 77.4 Å². The van der Waals surface area contributed by atoms with Crippen molar-refractivity contribution in [2.45, 2.75) is 32.4 Å². The second-order valence-corrected chi connectivity index (χ2v) is 28.2. The van der Waals surface area contributed by atoms with Crippen molar-refractivity contribution in [2.75, 3.05) is 70.7 Å². The second kappa shape index (κ2) is 25.7. The molecule has 0 radical (unpaired) electrons. The maximum Gasteiger partial charge on any atom is 0.254 e. The van der Waals surface area contributed by atoms with Gasteiger partial charge in [-0.3, -0.25) is 19.2 Å². The van der Waals surface area contributed by atoms with Gasteiger partial charge in [0.05, 0.1) is 88.3 Å². The lowest BCUT2D eigenvalue weighted by Crippen LogP contribution is -2.40. The van der Waals surface area contributed by atoms with E-state index in [4.69, 9.17) is 58.4 Å². The Kier molecular flexibility index (Phi) is 17.5. The van der Waals surface area contributed by atoms with Gasteiger partial charge in [0.2, 0.25) is 11.6 Å². The summed E-state index contributed by atoms with van der Waals surface area (Å²) in [7, 11) is -1.32. The Morgan fingerprint density at radius 3 is 1.59 bits per heavy atom. The smallest absolute Gasteiger partial charge is 0.254 e. The molecule has 6 heterocycles. The maximum atomic E-state index is 14.2. The monoisotopic (exact) mass is 1210 g/mol. The number of carbonyl (C=O) groups excluding carboxylic acids is 4. The van der Waals surface area contributed by atoms with Gasteiger partial charge in [-0.05, 0) is 103 Å². The molecule has 2 aliphatic heterocycles. The largest absolute Gasteiger partial charge is 0.457 e. The standard InChI is InChI=1S/C35H38ClN5O5Si.C29H24ClN5O4/c1-47(2,3)18-17-45-23-40-30-11-9-24(35(43)39-13-15-44-16-14-39)19-25(30)20-32(40)33(42)28-22-38-41(34(28)37)31-12-10-27(21-29(31)36)46-26-7-5-4-6-8-26;30-23-16-21(39-20-4-2-1-3-5-20)7-9-26(23)35-28(31)22(17-32-35)27(36)25-15-19-14-18(6-8-24(19)33-25)29(37)34-10-12-38-13-11-34/h4-12,19-22H,13-18,23,37H2,1-3H3;1-9,14-17,33H,10-13,31H2. The SMILES string of the molecule is C[Si](C)(C)CCOCn1c(C(=O)c2cnn(-c3ccc(Oc4ccccc4)cc3Cl)c2N)cc2cc(C(=O)N3CCOCC3)ccc21.Nc1c(C(=O)c2cc3cc(C(=O)N4CCOCC4)ccc3[nH]2)cnn1-c1ccc(Oc2ccccc2)cc1Cl. The molecule has 22 heteroatoms. The van der Waals surface area contributed by atoms with Crippen LogP contribution in [0.2, 0.25) is 35.7 Å². The molecule has 19 nitrogen and oxygen atoms in total. The van der Waals surface area contributed by atoms with E-state index >= 15 is 0 Å². The number of halogens is 2. The maximum absolute atomic E-state index is 14.2. The number of nitrogens with one attached hydrogen (secondary N) is 1. The van der Waals surface area contributed by atoms with E-state index in [2.05, 4.69) is 34.8 Å². The number of nitrogen functional groups attached to an aromatic ring is 2. The Bertz CT molecular complexity index is 4130. The summed E-state index contributed by atoms with van der Waals surface area (Å²) >= 11 is 13.2. The summed E-state index contributed by atoms with van der Waals surface area (Å²) in [6.45, 7) is 11.9. The molecule has 12 rings (SSSR count). The van der Waals surface area contributed by atoms with Crippen LogP contribution in [0.5, 0.6) is 23.0 Å². The first kappa shape index (κ1) is 58.7. The highest BCUT2D eigenvalue weighted by atomic mass is 35.5. The Hall–Kier alpha value is -9.02. The van der Waals surface area contributed by atoms with Crippen molar-refractivity contribution in [3.63, 3.8) is 0 Å². The number of aromatic amines is 1. The van der Waals surface area contributed by atoms with Gasteiger partial charge in [-0.25, -0.2) is 9.36 Å². The van der Waals surface area contributed by atoms with E-state index in [9.17, 15) is 19.2 Å². The van der Waals surface area contributed by atoms with E-state index in [1.165, 1.54) is 21.8 Å². The van der Waals surface area contributed by atoms with Crippen molar-refractivity contribution < 1.29 is 42.9 Å². The van der Waals surface area contributed by atoms with Crippen LogP contribution in [-0.2, 0) is 20.9 Å². The molecule has 2 aliphatic rings. The Morgan fingerprint density at radius 2 is 1.08 bits per heavy atom. The number of morpholine rings is 2. The molecule has 86 heavy (non-hydrogen) atoms. The first-order chi connectivity index (χ1) is 41.6. The summed E-state index contributed by atoms with van der Waals surface area (Å²) in [6.07, 6.45) is 2.87. The van der Waals surface area contributed by atoms with Crippen molar-refractivity contribution in [1.82, 2.24) is 38.9 Å². The number of rotatable bonds is 17. The van der Waals surface area contributed by atoms with Crippen LogP contribution in [-0.4, -0.2) is 130 Å². The fraction of sp³-hybridized carbons (Fsp3) is 0.219. The van der Waals surface area contributed by atoms with Crippen molar-refractivity contribution in [1.29, 1.82) is 0 Å². The molecule has 2 saturated heterocycles. The van der Waals surface area contributed by atoms with E-state index in [0.717, 1.165) is 27.8 Å². The van der Waals surface area contributed by atoms with Crippen molar-refractivity contribution in [3.05, 3.63) is 202 Å². The highest BCUT2D eigenvalue weighted by Crippen LogP contribution is 2.34. The predicted octanol–water partition coefficient (Wildman–Crippen LogP) is 12.0. The van der Waals surface area contributed by atoms with Gasteiger partial charge in [0.1, 0.15) is 41.4 Å². The van der Waals surface area contributed by atoms with E-state index < -0.39 is 8.07 Å². The zero-order chi connectivity index (χ0) is 60.1. The third kappa shape index (κ3) is 13.1. The third-order valence-corrected chi connectivity index (χ3v) is 17.0. The lowest BCUT2D eigenvalue weighted by molar-refractivity contribution is 0.0301. The number of nitrogens with two attached hydrogens (primary N) is 2. The number of anilines is 2. The van der Waals surface area contributed by atoms with Crippen LogP contribution in [0.1, 0.15) is 52.8 Å². The van der Waals surface area contributed by atoms with Gasteiger partial charge >= 0.3 is 0 Å². The average Bonchev–Trinajstić information content (AvgIpc) is 3.85. The molecule has 0 spiro atoms. The topological polar surface area (TPSA) is 229 Å². The molecule has 2 amide bonds. The number of nitrogens with zero attached hydrogens (tertiary/aromatic N) is 7. The molecule has 5 N–H and O–H groups in total. The van der Waals surface area contributed by atoms with E-state index in [-0.39, 0.29) is 52.9 Å². The summed E-state index contributed by atoms with van der Waals surface area (Å²) in [5.41, 5.74) is 17.7. The van der Waals surface area contributed by atoms with E-state index in [0.29, 0.717) is 126 Å². The van der Waals surface area contributed by atoms with Crippen LogP contribution in [0.15, 0.2) is 158 Å². The van der Waals surface area contributed by atoms with Crippen molar-refractivity contribution in [3.8, 4) is 34.4 Å². The van der Waals surface area contributed by atoms with Crippen LogP contribution in [0, 0.1) is 0 Å². The number of ether oxygens (including phenoxy) is 5. The Balaban J connectivity index is 0.000000182. The number of benzene rings is 6. The molecule has 0 unspecified atom stereocenters. The number of hydrogen-bond acceptors (Lipinski definition) is 13. The summed E-state index contributed by atoms with van der Waals surface area (Å²) in [6, 6.07) is 44.4. The van der Waals surface area contributed by atoms with Crippen molar-refractivity contribution in [2.24, 2.45) is 0 Å². The molecule has 10 aromatic rings. The summed E-state index contributed by atoms with van der Waals surface area (Å²) < 4.78 is 33.3. The lowest BCUT2D eigenvalue weighted by atomic mass is 10.1. The molecular formula is C64H62Cl2N10O9Si. The third-order valence-electron chi connectivity index (χ3n) is 14.7. The number of aromatic nitrogens is 6. The van der Waals surface area contributed by atoms with Gasteiger partial charge < -0.3 is 54.5 Å². The summed E-state index contributed by atoms with van der Waals surface area (Å²) in [5, 5.41) is 11.0. The number of ketones is 2. The van der Waals surface area contributed by atoms with Crippen LogP contribution in [0.4, 0.5) is 11.6 Å². The number of carbonyl (C=O) groups is 4. The number of hydrogen-bond donors (Lipinski definition) is 3. The van der Waals surface area contributed by atoms with Crippen LogP contribution >= 0.6 is 23.2 Å². The number of amides is 2. The fourth-order valence-electron chi connectivity index (χ4n) is 9.98. The Morgan fingerprint density at radius 1 is 0.581 bits per heavy atom. The van der Waals surface area contributed by atoms with E-state index in [1.54, 1.807) is 82.6 Å². The zero-order valence-electron chi connectivity index (χ0n) is 47.5. The van der Waals surface area contributed by atoms with Crippen LogP contribution in [0.25, 0.3) is 33.2 Å². The molecular weight excluding hydrogens is 1150 g/mol. The van der Waals surface area contributed by atoms with Gasteiger partial charge in [0.25, 0.3) is 11.8 Å². The van der Waals surface area contributed by atoms with Crippen LogP contribution < -0.4 is 20.9 Å². The molecule has 4 aromatic heterocycles. The summed E-state index contributed by atoms with van der Waals surface area (Å²) in [4.78, 5) is 60.3. The minimum absolute atomic E-state index is 0.0585. The fourth-order valence-corrected chi connectivity index (χ4v) is 11.2. The highest BCUT2D eigenvalue weighted by molar-refractivity contribution is 6.76. The summed E-state index contributed by atoms with van der Waals surface area (Å²) in [5.74, 6) is 2.01. The molecule has 440 valence electrons. The minimum Gasteiger partial charge on any atom is -0.457 e. The average molecular weight is 1210 g/mol. The van der Waals surface area contributed by atoms with Crippen molar-refractivity contribution >= 4 is 88.1 Å². The normalized spacial score (nSPS) is 13.6. The van der Waals surface area contributed by atoms with Crippen LogP contribution in [0.3, 0.4) is 0 Å². The Labute approximate surface area is 506 Å². The molecule has 2 fully saturated rings. The lowest BCUT2D eigenvalue weighted by Gasteiger charge is -2.26. The number of fused-ring (bicyclic) bond motifs is 2. The van der Waals surface area contributed by atoms with Gasteiger partial charge in [-0.15, -0.1) is 0 Å². The zero-order valence-corrected chi connectivity index (χ0v) is 50.0. The molecule has 6 aromatic carbocycles. The van der Waals surface area contributed by atoms with Gasteiger partial charge in [0.15, 0.2) is 0 Å². The minimum atomic E-state index is -1.32. The second-order valence-electron chi connectivity index (χ2n) is 21.8. The molecule has 0 bridgehead atoms. The van der Waals surface area contributed by atoms with Gasteiger partial charge in [-0.2, -0.15) is 10.2 Å². The number of para-hydroxylation sites is 2. The molecule has 0 saturated carbocycles. The first-order valence-corrected chi connectivity index (χ1v) is 32.4. The highest BCUT2D eigenvalue weighted by Gasteiger charge is 2.27. The quantitative estimate of drug-likeness (QED) is 0.0438. The van der Waals surface area contributed by atoms with Gasteiger partial charge in [0, 0.05) is 80.4 Å². The van der Waals surface area contributed by atoms with Gasteiger partial charge in [-0.1, -0.05) is 79.2 Å². The molecule has 0 atom stereocenters. The number of H-pyrrole nitrogens is 1. The first-order valence-electron chi connectivity index (χ1n) is 28.0. The predicted molar refractivity (Wildman–Crippen MR) is 334 cm³/mol. The molecule has 0 aliphatic carbocycles.